The van der Waals surface area contributed by atoms with Crippen molar-refractivity contribution in [3.05, 3.63) is 11.4 Å². The Morgan fingerprint density at radius 1 is 1.33 bits per heavy atom. The lowest BCUT2D eigenvalue weighted by Gasteiger charge is -2.10. The zero-order chi connectivity index (χ0) is 13.5. The zero-order valence-electron chi connectivity index (χ0n) is 11.5. The fraction of sp³-hybridized carbons (Fsp3) is 0.750. The van der Waals surface area contributed by atoms with Gasteiger partial charge in [0.05, 0.1) is 25.5 Å². The minimum Gasteiger partial charge on any atom is -0.461 e. The molecule has 0 spiro atoms. The Labute approximate surface area is 107 Å². The van der Waals surface area contributed by atoms with Crippen molar-refractivity contribution >= 4 is 5.97 Å². The summed E-state index contributed by atoms with van der Waals surface area (Å²) in [4.78, 5) is 11.7. The van der Waals surface area contributed by atoms with Crippen LogP contribution < -0.4 is 0 Å². The summed E-state index contributed by atoms with van der Waals surface area (Å²) in [5.74, 6) is -0.259. The number of aromatic nitrogens is 3. The second kappa shape index (κ2) is 7.10. The predicted molar refractivity (Wildman–Crippen MR) is 66.6 cm³/mol. The number of nitrogens with zero attached hydrogens (tertiary/aromatic N) is 3. The molecule has 0 aliphatic carbocycles. The highest BCUT2D eigenvalue weighted by Crippen LogP contribution is 2.18. The van der Waals surface area contributed by atoms with Crippen LogP contribution in [-0.4, -0.2) is 40.8 Å². The first-order valence-electron chi connectivity index (χ1n) is 6.30. The van der Waals surface area contributed by atoms with Crippen LogP contribution in [0.2, 0.25) is 0 Å². The van der Waals surface area contributed by atoms with Crippen LogP contribution >= 0.6 is 0 Å². The van der Waals surface area contributed by atoms with Crippen LogP contribution in [0.1, 0.15) is 49.8 Å². The lowest BCUT2D eigenvalue weighted by atomic mass is 10.1. The summed E-state index contributed by atoms with van der Waals surface area (Å²) in [5.41, 5.74) is 1.11. The molecule has 0 aliphatic heterocycles. The molecule has 0 unspecified atom stereocenters. The molecule has 0 saturated heterocycles. The Bertz CT molecular complexity index is 388. The van der Waals surface area contributed by atoms with E-state index in [1.165, 1.54) is 0 Å². The van der Waals surface area contributed by atoms with Gasteiger partial charge in [0.2, 0.25) is 0 Å². The van der Waals surface area contributed by atoms with Crippen LogP contribution in [0.4, 0.5) is 0 Å². The number of hydrogen-bond donors (Lipinski definition) is 0. The normalized spacial score (nSPS) is 10.9. The molecule has 0 amide bonds. The monoisotopic (exact) mass is 255 g/mol. The lowest BCUT2D eigenvalue weighted by molar-refractivity contribution is 0.0517. The van der Waals surface area contributed by atoms with Crippen molar-refractivity contribution in [2.75, 3.05) is 19.8 Å². The van der Waals surface area contributed by atoms with Crippen molar-refractivity contribution in [2.45, 2.75) is 40.2 Å². The van der Waals surface area contributed by atoms with E-state index in [9.17, 15) is 4.79 Å². The smallest absolute Gasteiger partial charge is 0.360 e. The van der Waals surface area contributed by atoms with E-state index in [0.717, 1.165) is 5.69 Å². The second-order valence-corrected chi connectivity index (χ2v) is 4.12. The first-order chi connectivity index (χ1) is 8.61. The van der Waals surface area contributed by atoms with E-state index in [2.05, 4.69) is 10.3 Å². The van der Waals surface area contributed by atoms with Gasteiger partial charge in [-0.3, -0.25) is 0 Å². The second-order valence-electron chi connectivity index (χ2n) is 4.12. The van der Waals surface area contributed by atoms with Gasteiger partial charge in [-0.15, -0.1) is 5.10 Å². The van der Waals surface area contributed by atoms with Gasteiger partial charge in [0.1, 0.15) is 0 Å². The number of carbonyl (C=O) groups is 1. The van der Waals surface area contributed by atoms with Gasteiger partial charge < -0.3 is 9.47 Å². The minimum absolute atomic E-state index is 0.154. The summed E-state index contributed by atoms with van der Waals surface area (Å²) < 4.78 is 12.0. The van der Waals surface area contributed by atoms with Crippen molar-refractivity contribution in [2.24, 2.45) is 0 Å². The summed E-state index contributed by atoms with van der Waals surface area (Å²) in [6.07, 6.45) is 0. The number of rotatable bonds is 7. The topological polar surface area (TPSA) is 66.2 Å². The average Bonchev–Trinajstić information content (AvgIpc) is 2.74. The third-order valence-corrected chi connectivity index (χ3v) is 2.44. The zero-order valence-corrected chi connectivity index (χ0v) is 11.5. The third-order valence-electron chi connectivity index (χ3n) is 2.44. The average molecular weight is 255 g/mol. The molecule has 0 aliphatic rings. The Morgan fingerprint density at radius 2 is 2.06 bits per heavy atom. The van der Waals surface area contributed by atoms with Crippen LogP contribution in [0, 0.1) is 0 Å². The molecule has 102 valence electrons. The van der Waals surface area contributed by atoms with Gasteiger partial charge in [-0.05, 0) is 19.8 Å². The van der Waals surface area contributed by atoms with Gasteiger partial charge in [-0.25, -0.2) is 9.48 Å². The fourth-order valence-corrected chi connectivity index (χ4v) is 1.70. The molecule has 18 heavy (non-hydrogen) atoms. The largest absolute Gasteiger partial charge is 0.461 e. The first-order valence-corrected chi connectivity index (χ1v) is 6.30. The predicted octanol–water partition coefficient (Wildman–Crippen LogP) is 1.61. The molecular weight excluding hydrogens is 234 g/mol. The van der Waals surface area contributed by atoms with Crippen LogP contribution in [-0.2, 0) is 16.0 Å². The van der Waals surface area contributed by atoms with Crippen molar-refractivity contribution in [1.82, 2.24) is 15.0 Å². The molecule has 1 aromatic rings. The van der Waals surface area contributed by atoms with Crippen LogP contribution in [0.25, 0.3) is 0 Å². The molecule has 0 atom stereocenters. The molecule has 1 aromatic heterocycles. The summed E-state index contributed by atoms with van der Waals surface area (Å²) in [6.45, 7) is 9.85. The lowest BCUT2D eigenvalue weighted by Crippen LogP contribution is -2.14. The Morgan fingerprint density at radius 3 is 2.61 bits per heavy atom. The quantitative estimate of drug-likeness (QED) is 0.547. The molecule has 6 heteroatoms. The summed E-state index contributed by atoms with van der Waals surface area (Å²) in [6, 6.07) is 0. The van der Waals surface area contributed by atoms with Crippen molar-refractivity contribution in [3.63, 3.8) is 0 Å². The maximum Gasteiger partial charge on any atom is 0.360 e. The molecule has 0 saturated carbocycles. The number of hydrogen-bond acceptors (Lipinski definition) is 5. The van der Waals surface area contributed by atoms with Crippen molar-refractivity contribution in [3.8, 4) is 0 Å². The van der Waals surface area contributed by atoms with E-state index >= 15 is 0 Å². The highest BCUT2D eigenvalue weighted by Gasteiger charge is 2.22. The van der Waals surface area contributed by atoms with E-state index in [4.69, 9.17) is 9.47 Å². The summed E-state index contributed by atoms with van der Waals surface area (Å²) in [5, 5.41) is 7.92. The maximum absolute atomic E-state index is 11.7. The van der Waals surface area contributed by atoms with Crippen molar-refractivity contribution in [1.29, 1.82) is 0 Å². The van der Waals surface area contributed by atoms with E-state index in [1.807, 2.05) is 20.8 Å². The number of ether oxygens (including phenoxy) is 2. The molecule has 0 N–H and O–H groups in total. The summed E-state index contributed by atoms with van der Waals surface area (Å²) in [7, 11) is 0. The van der Waals surface area contributed by atoms with Gasteiger partial charge in [-0.1, -0.05) is 19.1 Å². The molecular formula is C12H21N3O3. The standard InChI is InChI=1S/C12H21N3O3/c1-5-17-8-7-15-11(9(3)4)10(13-14-15)12(16)18-6-2/h9H,5-8H2,1-4H3. The maximum atomic E-state index is 11.7. The molecule has 6 nitrogen and oxygen atoms in total. The Kier molecular flexibility index (Phi) is 5.77. The van der Waals surface area contributed by atoms with Gasteiger partial charge in [0, 0.05) is 6.61 Å². The first kappa shape index (κ1) is 14.6. The number of carbonyl (C=O) groups excluding carboxylic acids is 1. The van der Waals surface area contributed by atoms with Crippen LogP contribution in [0.5, 0.6) is 0 Å². The van der Waals surface area contributed by atoms with Gasteiger partial charge >= 0.3 is 5.97 Å². The molecule has 1 heterocycles. The fourth-order valence-electron chi connectivity index (χ4n) is 1.70. The summed E-state index contributed by atoms with van der Waals surface area (Å²) >= 11 is 0. The number of esters is 1. The molecule has 0 bridgehead atoms. The highest BCUT2D eigenvalue weighted by molar-refractivity contribution is 5.88. The Balaban J connectivity index is 2.88. The highest BCUT2D eigenvalue weighted by atomic mass is 16.5. The van der Waals surface area contributed by atoms with Gasteiger partial charge in [-0.2, -0.15) is 0 Å². The molecule has 0 aromatic carbocycles. The van der Waals surface area contributed by atoms with E-state index < -0.39 is 5.97 Å². The SMILES string of the molecule is CCOCCn1nnc(C(=O)OCC)c1C(C)C. The molecule has 1 rings (SSSR count). The molecule has 0 fully saturated rings. The third kappa shape index (κ3) is 3.53. The Hall–Kier alpha value is -1.43. The van der Waals surface area contributed by atoms with Gasteiger partial charge in [0.15, 0.2) is 5.69 Å². The van der Waals surface area contributed by atoms with E-state index in [-0.39, 0.29) is 5.92 Å². The van der Waals surface area contributed by atoms with Gasteiger partial charge in [0.25, 0.3) is 0 Å². The van der Waals surface area contributed by atoms with E-state index in [1.54, 1.807) is 11.6 Å². The van der Waals surface area contributed by atoms with Crippen LogP contribution in [0.15, 0.2) is 0 Å². The van der Waals surface area contributed by atoms with Crippen molar-refractivity contribution < 1.29 is 14.3 Å². The van der Waals surface area contributed by atoms with E-state index in [0.29, 0.717) is 32.1 Å². The minimum atomic E-state index is -0.413. The van der Waals surface area contributed by atoms with Crippen LogP contribution in [0.3, 0.4) is 0 Å². The molecule has 0 radical (unpaired) electrons.